The van der Waals surface area contributed by atoms with Gasteiger partial charge < -0.3 is 10.1 Å². The molecule has 0 radical (unpaired) electrons. The fourth-order valence-electron chi connectivity index (χ4n) is 1.63. The molecular weight excluding hydrogens is 377 g/mol. The Kier molecular flexibility index (Phi) is 5.51. The fourth-order valence-corrected chi connectivity index (χ4v) is 2.34. The van der Waals surface area contributed by atoms with Gasteiger partial charge in [0.25, 0.3) is 5.91 Å². The molecule has 2 rings (SSSR count). The third-order valence-electron chi connectivity index (χ3n) is 2.66. The van der Waals surface area contributed by atoms with Gasteiger partial charge in [0.1, 0.15) is 5.75 Å². The summed E-state index contributed by atoms with van der Waals surface area (Å²) in [6.07, 6.45) is -0.672. The molecule has 0 fully saturated rings. The molecule has 0 aliphatic heterocycles. The van der Waals surface area contributed by atoms with E-state index in [2.05, 4.69) is 21.2 Å². The SMILES string of the molecule is C[C@H](Oc1cccc(Br)c1)C(=O)Nc1cc(Cl)ccc1Cl. The molecule has 1 N–H and O–H groups in total. The van der Waals surface area contributed by atoms with Crippen molar-refractivity contribution in [3.05, 3.63) is 57.0 Å². The Bertz CT molecular complexity index is 664. The molecule has 110 valence electrons. The van der Waals surface area contributed by atoms with Crippen molar-refractivity contribution in [1.82, 2.24) is 0 Å². The van der Waals surface area contributed by atoms with Crippen LogP contribution in [0.2, 0.25) is 10.0 Å². The summed E-state index contributed by atoms with van der Waals surface area (Å²) in [5, 5.41) is 3.61. The lowest BCUT2D eigenvalue weighted by Crippen LogP contribution is -2.30. The average molecular weight is 389 g/mol. The van der Waals surface area contributed by atoms with Crippen molar-refractivity contribution in [2.24, 2.45) is 0 Å². The number of carbonyl (C=O) groups is 1. The van der Waals surface area contributed by atoms with Crippen LogP contribution in [-0.2, 0) is 4.79 Å². The number of anilines is 1. The molecule has 0 saturated carbocycles. The third-order valence-corrected chi connectivity index (χ3v) is 3.72. The molecule has 21 heavy (non-hydrogen) atoms. The first kappa shape index (κ1) is 16.1. The first-order chi connectivity index (χ1) is 9.95. The van der Waals surface area contributed by atoms with Crippen LogP contribution in [0, 0.1) is 0 Å². The van der Waals surface area contributed by atoms with Crippen LogP contribution in [0.3, 0.4) is 0 Å². The number of halogens is 3. The normalized spacial score (nSPS) is 11.8. The zero-order chi connectivity index (χ0) is 15.4. The highest BCUT2D eigenvalue weighted by Crippen LogP contribution is 2.26. The Morgan fingerprint density at radius 1 is 1.24 bits per heavy atom. The summed E-state index contributed by atoms with van der Waals surface area (Å²) in [6.45, 7) is 1.66. The largest absolute Gasteiger partial charge is 0.481 e. The van der Waals surface area contributed by atoms with Crippen molar-refractivity contribution in [3.8, 4) is 5.75 Å². The van der Waals surface area contributed by atoms with E-state index in [-0.39, 0.29) is 5.91 Å². The molecule has 0 saturated heterocycles. The van der Waals surface area contributed by atoms with E-state index in [4.69, 9.17) is 27.9 Å². The number of rotatable bonds is 4. The van der Waals surface area contributed by atoms with E-state index in [1.165, 1.54) is 0 Å². The average Bonchev–Trinajstić information content (AvgIpc) is 2.43. The molecule has 1 atom stereocenters. The molecule has 0 aromatic heterocycles. The summed E-state index contributed by atoms with van der Waals surface area (Å²) in [5.41, 5.74) is 0.457. The van der Waals surface area contributed by atoms with E-state index in [1.807, 2.05) is 12.1 Å². The fraction of sp³-hybridized carbons (Fsp3) is 0.133. The summed E-state index contributed by atoms with van der Waals surface area (Å²) in [6, 6.07) is 12.1. The number of nitrogens with one attached hydrogen (secondary N) is 1. The second kappa shape index (κ2) is 7.16. The van der Waals surface area contributed by atoms with Crippen LogP contribution in [0.4, 0.5) is 5.69 Å². The predicted molar refractivity (Wildman–Crippen MR) is 89.3 cm³/mol. The van der Waals surface area contributed by atoms with Crippen molar-refractivity contribution in [2.45, 2.75) is 13.0 Å². The lowest BCUT2D eigenvalue weighted by atomic mass is 10.3. The molecule has 2 aromatic carbocycles. The zero-order valence-corrected chi connectivity index (χ0v) is 14.2. The van der Waals surface area contributed by atoms with Gasteiger partial charge >= 0.3 is 0 Å². The maximum atomic E-state index is 12.1. The highest BCUT2D eigenvalue weighted by Gasteiger charge is 2.16. The van der Waals surface area contributed by atoms with Gasteiger partial charge in [-0.2, -0.15) is 0 Å². The van der Waals surface area contributed by atoms with E-state index in [1.54, 1.807) is 37.3 Å². The smallest absolute Gasteiger partial charge is 0.265 e. The Balaban J connectivity index is 2.04. The van der Waals surface area contributed by atoms with Crippen LogP contribution in [-0.4, -0.2) is 12.0 Å². The summed E-state index contributed by atoms with van der Waals surface area (Å²) in [7, 11) is 0. The van der Waals surface area contributed by atoms with Gasteiger partial charge in [0, 0.05) is 9.50 Å². The van der Waals surface area contributed by atoms with E-state index < -0.39 is 6.10 Å². The van der Waals surface area contributed by atoms with Crippen LogP contribution < -0.4 is 10.1 Å². The maximum Gasteiger partial charge on any atom is 0.265 e. The number of ether oxygens (including phenoxy) is 1. The summed E-state index contributed by atoms with van der Waals surface area (Å²) in [5.74, 6) is 0.295. The molecule has 6 heteroatoms. The summed E-state index contributed by atoms with van der Waals surface area (Å²) < 4.78 is 6.46. The van der Waals surface area contributed by atoms with Gasteiger partial charge in [0.05, 0.1) is 10.7 Å². The Labute approximate surface area is 141 Å². The number of benzene rings is 2. The van der Waals surface area contributed by atoms with Crippen molar-refractivity contribution in [2.75, 3.05) is 5.32 Å². The molecule has 0 aliphatic rings. The van der Waals surface area contributed by atoms with Gasteiger partial charge in [0.2, 0.25) is 0 Å². The lowest BCUT2D eigenvalue weighted by Gasteiger charge is -2.15. The van der Waals surface area contributed by atoms with Gasteiger partial charge in [-0.3, -0.25) is 4.79 Å². The minimum atomic E-state index is -0.672. The van der Waals surface area contributed by atoms with Crippen LogP contribution in [0.5, 0.6) is 5.75 Å². The van der Waals surface area contributed by atoms with Gasteiger partial charge in [-0.25, -0.2) is 0 Å². The zero-order valence-electron chi connectivity index (χ0n) is 11.1. The minimum Gasteiger partial charge on any atom is -0.481 e. The van der Waals surface area contributed by atoms with Gasteiger partial charge in [-0.1, -0.05) is 45.2 Å². The highest BCUT2D eigenvalue weighted by molar-refractivity contribution is 9.10. The van der Waals surface area contributed by atoms with Crippen LogP contribution in [0.15, 0.2) is 46.9 Å². The van der Waals surface area contributed by atoms with Gasteiger partial charge in [-0.05, 0) is 43.3 Å². The molecule has 3 nitrogen and oxygen atoms in total. The molecule has 0 unspecified atom stereocenters. The molecule has 2 aromatic rings. The van der Waals surface area contributed by atoms with Crippen molar-refractivity contribution >= 4 is 50.7 Å². The Morgan fingerprint density at radius 2 is 2.00 bits per heavy atom. The van der Waals surface area contributed by atoms with Crippen LogP contribution in [0.1, 0.15) is 6.92 Å². The lowest BCUT2D eigenvalue weighted by molar-refractivity contribution is -0.122. The molecule has 0 bridgehead atoms. The number of amides is 1. The Hall–Kier alpha value is -1.23. The van der Waals surface area contributed by atoms with E-state index >= 15 is 0 Å². The second-order valence-corrected chi connectivity index (χ2v) is 6.09. The number of carbonyl (C=O) groups excluding carboxylic acids is 1. The molecule has 0 heterocycles. The van der Waals surface area contributed by atoms with Crippen LogP contribution >= 0.6 is 39.1 Å². The maximum absolute atomic E-state index is 12.1. The second-order valence-electron chi connectivity index (χ2n) is 4.33. The molecular formula is C15H12BrCl2NO2. The predicted octanol–water partition coefficient (Wildman–Crippen LogP) is 5.16. The first-order valence-corrected chi connectivity index (χ1v) is 7.69. The third kappa shape index (κ3) is 4.63. The van der Waals surface area contributed by atoms with Crippen molar-refractivity contribution in [1.29, 1.82) is 0 Å². The topological polar surface area (TPSA) is 38.3 Å². The van der Waals surface area contributed by atoms with Crippen LogP contribution in [0.25, 0.3) is 0 Å². The van der Waals surface area contributed by atoms with Gasteiger partial charge in [0.15, 0.2) is 6.10 Å². The van der Waals surface area contributed by atoms with Crippen molar-refractivity contribution < 1.29 is 9.53 Å². The standard InChI is InChI=1S/C15H12BrCl2NO2/c1-9(21-12-4-2-3-10(16)7-12)15(20)19-14-8-11(17)5-6-13(14)18/h2-9H,1H3,(H,19,20)/t9-/m0/s1. The summed E-state index contributed by atoms with van der Waals surface area (Å²) in [4.78, 5) is 12.1. The molecule has 0 spiro atoms. The van der Waals surface area contributed by atoms with Gasteiger partial charge in [-0.15, -0.1) is 0 Å². The minimum absolute atomic E-state index is 0.306. The highest BCUT2D eigenvalue weighted by atomic mass is 79.9. The Morgan fingerprint density at radius 3 is 2.71 bits per heavy atom. The quantitative estimate of drug-likeness (QED) is 0.785. The summed E-state index contributed by atoms with van der Waals surface area (Å²) >= 11 is 15.2. The molecule has 1 amide bonds. The van der Waals surface area contributed by atoms with E-state index in [0.29, 0.717) is 21.5 Å². The van der Waals surface area contributed by atoms with Crippen molar-refractivity contribution in [3.63, 3.8) is 0 Å². The number of hydrogen-bond acceptors (Lipinski definition) is 2. The van der Waals surface area contributed by atoms with E-state index in [9.17, 15) is 4.79 Å². The number of hydrogen-bond donors (Lipinski definition) is 1. The monoisotopic (exact) mass is 387 g/mol. The van der Waals surface area contributed by atoms with E-state index in [0.717, 1.165) is 4.47 Å². The molecule has 0 aliphatic carbocycles. The first-order valence-electron chi connectivity index (χ1n) is 6.14.